The van der Waals surface area contributed by atoms with Gasteiger partial charge in [-0.3, -0.25) is 4.90 Å². The second-order valence-corrected chi connectivity index (χ2v) is 6.80. The summed E-state index contributed by atoms with van der Waals surface area (Å²) in [7, 11) is 1.48. The van der Waals surface area contributed by atoms with Crippen LogP contribution in [0.3, 0.4) is 0 Å². The van der Waals surface area contributed by atoms with E-state index in [0.717, 1.165) is 13.0 Å². The lowest BCUT2D eigenvalue weighted by Gasteiger charge is -2.18. The summed E-state index contributed by atoms with van der Waals surface area (Å²) < 4.78 is 36.7. The SMILES string of the molecule is CCNC(=NCc1ccc(CC)s1)NCCCN(C)CC(F)(F)F.I. The first-order valence-electron chi connectivity index (χ1n) is 8.19. The molecule has 25 heavy (non-hydrogen) atoms. The van der Waals surface area contributed by atoms with Crippen molar-refractivity contribution in [2.75, 3.05) is 33.2 Å². The van der Waals surface area contributed by atoms with E-state index >= 15 is 0 Å². The highest BCUT2D eigenvalue weighted by molar-refractivity contribution is 14.0. The van der Waals surface area contributed by atoms with Gasteiger partial charge in [0.25, 0.3) is 0 Å². The van der Waals surface area contributed by atoms with Gasteiger partial charge in [0, 0.05) is 22.8 Å². The van der Waals surface area contributed by atoms with Crippen LogP contribution in [0.5, 0.6) is 0 Å². The Bertz CT molecular complexity index is 506. The largest absolute Gasteiger partial charge is 0.401 e. The molecule has 1 rings (SSSR count). The standard InChI is InChI=1S/C16H27F3N4S.HI/c1-4-13-7-8-14(24-13)11-22-15(20-5-2)21-9-6-10-23(3)12-16(17,18)19;/h7-8H,4-6,9-12H2,1-3H3,(H2,20,21,22);1H. The van der Waals surface area contributed by atoms with Crippen LogP contribution < -0.4 is 10.6 Å². The predicted molar refractivity (Wildman–Crippen MR) is 110 cm³/mol. The lowest BCUT2D eigenvalue weighted by molar-refractivity contribution is -0.143. The predicted octanol–water partition coefficient (Wildman–Crippen LogP) is 3.87. The van der Waals surface area contributed by atoms with Crippen molar-refractivity contribution in [3.8, 4) is 0 Å². The van der Waals surface area contributed by atoms with Crippen molar-refractivity contribution in [1.82, 2.24) is 15.5 Å². The Labute approximate surface area is 169 Å². The van der Waals surface area contributed by atoms with Crippen molar-refractivity contribution in [3.63, 3.8) is 0 Å². The molecule has 0 spiro atoms. The van der Waals surface area contributed by atoms with Crippen LogP contribution in [0.25, 0.3) is 0 Å². The maximum atomic E-state index is 12.2. The average molecular weight is 492 g/mol. The van der Waals surface area contributed by atoms with Crippen LogP contribution in [-0.2, 0) is 13.0 Å². The first-order valence-corrected chi connectivity index (χ1v) is 9.00. The van der Waals surface area contributed by atoms with E-state index in [1.165, 1.54) is 21.7 Å². The minimum Gasteiger partial charge on any atom is -0.357 e. The van der Waals surface area contributed by atoms with Gasteiger partial charge in [-0.25, -0.2) is 4.99 Å². The minimum absolute atomic E-state index is 0. The molecule has 0 bridgehead atoms. The lowest BCUT2D eigenvalue weighted by Crippen LogP contribution is -2.39. The van der Waals surface area contributed by atoms with Crippen molar-refractivity contribution in [2.24, 2.45) is 4.99 Å². The molecule has 0 aromatic carbocycles. The second-order valence-electron chi connectivity index (χ2n) is 5.55. The summed E-state index contributed by atoms with van der Waals surface area (Å²) in [5.74, 6) is 0.697. The third kappa shape index (κ3) is 11.6. The Morgan fingerprint density at radius 2 is 1.88 bits per heavy atom. The zero-order valence-electron chi connectivity index (χ0n) is 14.9. The number of alkyl halides is 3. The summed E-state index contributed by atoms with van der Waals surface area (Å²) in [6.07, 6.45) is -2.50. The van der Waals surface area contributed by atoms with Crippen LogP contribution in [0.1, 0.15) is 30.0 Å². The molecule has 0 aliphatic carbocycles. The third-order valence-electron chi connectivity index (χ3n) is 3.26. The zero-order valence-corrected chi connectivity index (χ0v) is 18.1. The molecule has 9 heteroatoms. The second kappa shape index (κ2) is 12.7. The molecule has 2 N–H and O–H groups in total. The summed E-state index contributed by atoms with van der Waals surface area (Å²) in [6.45, 7) is 5.54. The molecule has 146 valence electrons. The van der Waals surface area contributed by atoms with Crippen LogP contribution in [-0.4, -0.2) is 50.3 Å². The molecule has 1 aromatic heterocycles. The first kappa shape index (κ1) is 24.5. The van der Waals surface area contributed by atoms with Crippen molar-refractivity contribution in [2.45, 2.75) is 39.4 Å². The fourth-order valence-corrected chi connectivity index (χ4v) is 3.02. The maximum Gasteiger partial charge on any atom is 0.401 e. The third-order valence-corrected chi connectivity index (χ3v) is 4.48. The fourth-order valence-electron chi connectivity index (χ4n) is 2.14. The Morgan fingerprint density at radius 3 is 2.44 bits per heavy atom. The van der Waals surface area contributed by atoms with Gasteiger partial charge < -0.3 is 10.6 Å². The molecule has 0 atom stereocenters. The molecule has 0 aliphatic heterocycles. The zero-order chi connectivity index (χ0) is 18.0. The van der Waals surface area contributed by atoms with E-state index in [0.29, 0.717) is 32.0 Å². The number of halogens is 4. The van der Waals surface area contributed by atoms with Crippen molar-refractivity contribution in [1.29, 1.82) is 0 Å². The van der Waals surface area contributed by atoms with E-state index in [1.54, 1.807) is 11.3 Å². The van der Waals surface area contributed by atoms with Gasteiger partial charge in [0.1, 0.15) is 0 Å². The monoisotopic (exact) mass is 492 g/mol. The number of rotatable bonds is 9. The first-order chi connectivity index (χ1) is 11.3. The van der Waals surface area contributed by atoms with Crippen molar-refractivity contribution < 1.29 is 13.2 Å². The van der Waals surface area contributed by atoms with Crippen LogP contribution >= 0.6 is 35.3 Å². The molecule has 0 saturated carbocycles. The van der Waals surface area contributed by atoms with E-state index < -0.39 is 12.7 Å². The molecular weight excluding hydrogens is 464 g/mol. The number of guanidine groups is 1. The highest BCUT2D eigenvalue weighted by Gasteiger charge is 2.28. The van der Waals surface area contributed by atoms with Crippen LogP contribution in [0.4, 0.5) is 13.2 Å². The molecule has 1 aromatic rings. The van der Waals surface area contributed by atoms with Crippen molar-refractivity contribution in [3.05, 3.63) is 21.9 Å². The van der Waals surface area contributed by atoms with E-state index in [1.807, 2.05) is 6.92 Å². The van der Waals surface area contributed by atoms with Crippen LogP contribution in [0, 0.1) is 0 Å². The lowest BCUT2D eigenvalue weighted by atomic mass is 10.3. The summed E-state index contributed by atoms with van der Waals surface area (Å²) in [5.41, 5.74) is 0. The number of hydrogen-bond acceptors (Lipinski definition) is 3. The molecule has 0 radical (unpaired) electrons. The van der Waals surface area contributed by atoms with Crippen molar-refractivity contribution >= 4 is 41.3 Å². The van der Waals surface area contributed by atoms with Crippen LogP contribution in [0.2, 0.25) is 0 Å². The molecule has 0 fully saturated rings. The van der Waals surface area contributed by atoms with E-state index in [2.05, 4.69) is 34.7 Å². The van der Waals surface area contributed by atoms with Gasteiger partial charge in [-0.05, 0) is 45.5 Å². The molecule has 1 heterocycles. The quantitative estimate of drug-likeness (QED) is 0.238. The van der Waals surface area contributed by atoms with E-state index in [-0.39, 0.29) is 24.0 Å². The Morgan fingerprint density at radius 1 is 1.20 bits per heavy atom. The number of nitrogens with one attached hydrogen (secondary N) is 2. The Balaban J connectivity index is 0.00000576. The Kier molecular flexibility index (Phi) is 12.5. The highest BCUT2D eigenvalue weighted by Crippen LogP contribution is 2.17. The highest BCUT2D eigenvalue weighted by atomic mass is 127. The van der Waals surface area contributed by atoms with Crippen LogP contribution in [0.15, 0.2) is 17.1 Å². The molecule has 0 unspecified atom stereocenters. The van der Waals surface area contributed by atoms with Gasteiger partial charge in [-0.1, -0.05) is 6.92 Å². The maximum absolute atomic E-state index is 12.2. The Hall–Kier alpha value is -0.550. The number of aryl methyl sites for hydroxylation is 1. The van der Waals surface area contributed by atoms with Gasteiger partial charge in [0.2, 0.25) is 0 Å². The molecule has 4 nitrogen and oxygen atoms in total. The summed E-state index contributed by atoms with van der Waals surface area (Å²) in [4.78, 5) is 8.34. The number of thiophene rings is 1. The smallest absolute Gasteiger partial charge is 0.357 e. The minimum atomic E-state index is -4.14. The molecule has 0 aliphatic rings. The average Bonchev–Trinajstić information content (AvgIpc) is 2.95. The summed E-state index contributed by atoms with van der Waals surface area (Å²) in [6, 6.07) is 4.20. The number of aliphatic imine (C=N–C) groups is 1. The fraction of sp³-hybridized carbons (Fsp3) is 0.688. The molecule has 0 saturated heterocycles. The number of hydrogen-bond donors (Lipinski definition) is 2. The van der Waals surface area contributed by atoms with Gasteiger partial charge in [-0.15, -0.1) is 35.3 Å². The van der Waals surface area contributed by atoms with Gasteiger partial charge in [0.05, 0.1) is 13.1 Å². The normalized spacial score (nSPS) is 12.2. The summed E-state index contributed by atoms with van der Waals surface area (Å²) in [5, 5.41) is 6.32. The topological polar surface area (TPSA) is 39.7 Å². The molecule has 0 amide bonds. The molecular formula is C16H28F3IN4S. The van der Waals surface area contributed by atoms with Gasteiger partial charge in [-0.2, -0.15) is 13.2 Å². The van der Waals surface area contributed by atoms with Gasteiger partial charge >= 0.3 is 6.18 Å². The van der Waals surface area contributed by atoms with E-state index in [4.69, 9.17) is 0 Å². The number of nitrogens with zero attached hydrogens (tertiary/aromatic N) is 2. The van der Waals surface area contributed by atoms with E-state index in [9.17, 15) is 13.2 Å². The van der Waals surface area contributed by atoms with Gasteiger partial charge in [0.15, 0.2) is 5.96 Å². The summed E-state index contributed by atoms with van der Waals surface area (Å²) >= 11 is 1.75.